The number of hydrogen-bond acceptors (Lipinski definition) is 3. The molecular weight excluding hydrogens is 222 g/mol. The maximum atomic E-state index is 11.9. The van der Waals surface area contributed by atoms with Crippen LogP contribution >= 0.6 is 0 Å². The van der Waals surface area contributed by atoms with Gasteiger partial charge in [-0.3, -0.25) is 9.59 Å². The normalized spacial score (nSPS) is 18.5. The van der Waals surface area contributed by atoms with Crippen LogP contribution in [0.1, 0.15) is 39.5 Å². The summed E-state index contributed by atoms with van der Waals surface area (Å²) in [6.07, 6.45) is 2.28. The molecule has 0 aromatic carbocycles. The molecule has 0 aliphatic heterocycles. The van der Waals surface area contributed by atoms with Gasteiger partial charge in [-0.05, 0) is 33.1 Å². The van der Waals surface area contributed by atoms with Gasteiger partial charge in [-0.25, -0.2) is 0 Å². The second-order valence-corrected chi connectivity index (χ2v) is 4.72. The van der Waals surface area contributed by atoms with Crippen molar-refractivity contribution in [2.75, 3.05) is 13.2 Å². The second-order valence-electron chi connectivity index (χ2n) is 4.72. The van der Waals surface area contributed by atoms with E-state index >= 15 is 0 Å². The zero-order valence-electron chi connectivity index (χ0n) is 10.5. The van der Waals surface area contributed by atoms with Crippen molar-refractivity contribution < 1.29 is 19.4 Å². The van der Waals surface area contributed by atoms with Crippen molar-refractivity contribution in [3.63, 3.8) is 0 Å². The molecule has 0 bridgehead atoms. The minimum atomic E-state index is -0.832. The lowest BCUT2D eigenvalue weighted by atomic mass is 10.1. The lowest BCUT2D eigenvalue weighted by molar-refractivity contribution is -0.137. The molecule has 1 aliphatic rings. The van der Waals surface area contributed by atoms with Crippen molar-refractivity contribution >= 4 is 11.9 Å². The quantitative estimate of drug-likeness (QED) is 0.671. The topological polar surface area (TPSA) is 75.6 Å². The van der Waals surface area contributed by atoms with Crippen molar-refractivity contribution in [1.29, 1.82) is 0 Å². The summed E-state index contributed by atoms with van der Waals surface area (Å²) in [5, 5.41) is 11.4. The van der Waals surface area contributed by atoms with Gasteiger partial charge in [0.05, 0.1) is 12.0 Å². The highest BCUT2D eigenvalue weighted by atomic mass is 16.5. The average molecular weight is 243 g/mol. The summed E-state index contributed by atoms with van der Waals surface area (Å²) < 4.78 is 5.31. The van der Waals surface area contributed by atoms with Gasteiger partial charge in [-0.15, -0.1) is 0 Å². The van der Waals surface area contributed by atoms with Gasteiger partial charge in [-0.1, -0.05) is 0 Å². The number of aliphatic carboxylic acids is 1. The van der Waals surface area contributed by atoms with E-state index in [9.17, 15) is 9.59 Å². The Morgan fingerprint density at radius 1 is 1.47 bits per heavy atom. The number of hydrogen-bond donors (Lipinski definition) is 2. The first-order chi connectivity index (χ1) is 8.00. The van der Waals surface area contributed by atoms with Gasteiger partial charge in [0.1, 0.15) is 0 Å². The van der Waals surface area contributed by atoms with Crippen LogP contribution in [0.5, 0.6) is 0 Å². The predicted octanol–water partition coefficient (Wildman–Crippen LogP) is 1.17. The summed E-state index contributed by atoms with van der Waals surface area (Å²) in [4.78, 5) is 22.4. The molecule has 1 unspecified atom stereocenters. The summed E-state index contributed by atoms with van der Waals surface area (Å²) in [6.45, 7) is 4.83. The first-order valence-electron chi connectivity index (χ1n) is 6.10. The van der Waals surface area contributed by atoms with Crippen LogP contribution in [0.3, 0.4) is 0 Å². The van der Waals surface area contributed by atoms with Crippen LogP contribution in [0.15, 0.2) is 0 Å². The van der Waals surface area contributed by atoms with Crippen molar-refractivity contribution in [3.8, 4) is 0 Å². The van der Waals surface area contributed by atoms with Crippen molar-refractivity contribution in [3.05, 3.63) is 0 Å². The van der Waals surface area contributed by atoms with Crippen molar-refractivity contribution in [1.82, 2.24) is 5.32 Å². The maximum Gasteiger partial charge on any atom is 0.303 e. The summed E-state index contributed by atoms with van der Waals surface area (Å²) in [5.41, 5.74) is -0.340. The molecule has 0 radical (unpaired) electrons. The van der Waals surface area contributed by atoms with Gasteiger partial charge in [-0.2, -0.15) is 0 Å². The van der Waals surface area contributed by atoms with Crippen LogP contribution in [0, 0.1) is 5.41 Å². The Morgan fingerprint density at radius 2 is 2.12 bits per heavy atom. The highest BCUT2D eigenvalue weighted by Crippen LogP contribution is 2.46. The molecule has 5 nitrogen and oxygen atoms in total. The lowest BCUT2D eigenvalue weighted by Gasteiger charge is -2.19. The van der Waals surface area contributed by atoms with Gasteiger partial charge in [0.25, 0.3) is 0 Å². The molecule has 1 rings (SSSR count). The summed E-state index contributed by atoms with van der Waals surface area (Å²) in [7, 11) is 0. The smallest absolute Gasteiger partial charge is 0.303 e. The van der Waals surface area contributed by atoms with E-state index in [0.717, 1.165) is 12.8 Å². The zero-order valence-corrected chi connectivity index (χ0v) is 10.5. The molecule has 0 heterocycles. The molecule has 1 saturated carbocycles. The Labute approximate surface area is 102 Å². The molecule has 98 valence electrons. The van der Waals surface area contributed by atoms with Gasteiger partial charge < -0.3 is 15.2 Å². The molecule has 1 aliphatic carbocycles. The van der Waals surface area contributed by atoms with E-state index in [-0.39, 0.29) is 23.8 Å². The fraction of sp³-hybridized carbons (Fsp3) is 0.833. The number of carbonyl (C=O) groups excluding carboxylic acids is 1. The molecule has 0 aromatic rings. The minimum absolute atomic E-state index is 0.00355. The highest BCUT2D eigenvalue weighted by Gasteiger charge is 2.50. The molecule has 0 spiro atoms. The Bertz CT molecular complexity index is 286. The second kappa shape index (κ2) is 6.00. The SMILES string of the molecule is CCOCC1(C(=O)NC(C)CCC(=O)O)CC1. The van der Waals surface area contributed by atoms with Gasteiger partial charge in [0, 0.05) is 19.1 Å². The third kappa shape index (κ3) is 4.34. The van der Waals surface area contributed by atoms with Crippen molar-refractivity contribution in [2.24, 2.45) is 5.41 Å². The van der Waals surface area contributed by atoms with Crippen LogP contribution in [0.25, 0.3) is 0 Å². The van der Waals surface area contributed by atoms with E-state index in [1.54, 1.807) is 0 Å². The maximum absolute atomic E-state index is 11.9. The summed E-state index contributed by atoms with van der Waals surface area (Å²) in [6, 6.07) is -0.0994. The standard InChI is InChI=1S/C12H21NO4/c1-3-17-8-12(6-7-12)11(16)13-9(2)4-5-10(14)15/h9H,3-8H2,1-2H3,(H,13,16)(H,14,15). The molecule has 2 N–H and O–H groups in total. The molecule has 1 fully saturated rings. The summed E-state index contributed by atoms with van der Waals surface area (Å²) in [5.74, 6) is -0.828. The van der Waals surface area contributed by atoms with Crippen LogP contribution in [-0.4, -0.2) is 36.2 Å². The lowest BCUT2D eigenvalue weighted by Crippen LogP contribution is -2.40. The molecule has 1 atom stereocenters. The summed E-state index contributed by atoms with van der Waals surface area (Å²) >= 11 is 0. The first-order valence-corrected chi connectivity index (χ1v) is 6.10. The number of carboxylic acid groups (broad SMARTS) is 1. The molecule has 17 heavy (non-hydrogen) atoms. The zero-order chi connectivity index (χ0) is 12.9. The largest absolute Gasteiger partial charge is 0.481 e. The third-order valence-corrected chi connectivity index (χ3v) is 3.09. The van der Waals surface area contributed by atoms with Crippen LogP contribution in [0.4, 0.5) is 0 Å². The van der Waals surface area contributed by atoms with Crippen LogP contribution in [0.2, 0.25) is 0 Å². The number of rotatable bonds is 8. The number of ether oxygens (including phenoxy) is 1. The number of carboxylic acids is 1. The fourth-order valence-corrected chi connectivity index (χ4v) is 1.67. The Balaban J connectivity index is 2.30. The van der Waals surface area contributed by atoms with E-state index in [2.05, 4.69) is 5.32 Å². The Morgan fingerprint density at radius 3 is 2.59 bits per heavy atom. The molecule has 1 amide bonds. The van der Waals surface area contributed by atoms with Crippen LogP contribution in [-0.2, 0) is 14.3 Å². The fourth-order valence-electron chi connectivity index (χ4n) is 1.67. The molecule has 0 saturated heterocycles. The van der Waals surface area contributed by atoms with E-state index in [1.165, 1.54) is 0 Å². The Hall–Kier alpha value is -1.10. The molecule has 0 aromatic heterocycles. The van der Waals surface area contributed by atoms with E-state index in [4.69, 9.17) is 9.84 Å². The average Bonchev–Trinajstić information content (AvgIpc) is 3.04. The van der Waals surface area contributed by atoms with Crippen molar-refractivity contribution in [2.45, 2.75) is 45.6 Å². The van der Waals surface area contributed by atoms with Gasteiger partial charge in [0.15, 0.2) is 0 Å². The monoisotopic (exact) mass is 243 g/mol. The molecular formula is C12H21NO4. The number of amides is 1. The highest BCUT2D eigenvalue weighted by molar-refractivity contribution is 5.85. The van der Waals surface area contributed by atoms with Crippen LogP contribution < -0.4 is 5.32 Å². The molecule has 5 heteroatoms. The van der Waals surface area contributed by atoms with Gasteiger partial charge in [0.2, 0.25) is 5.91 Å². The first kappa shape index (κ1) is 14.0. The third-order valence-electron chi connectivity index (χ3n) is 3.09. The van der Waals surface area contributed by atoms with E-state index in [0.29, 0.717) is 19.6 Å². The predicted molar refractivity (Wildman–Crippen MR) is 62.6 cm³/mol. The number of carbonyl (C=O) groups is 2. The van der Waals surface area contributed by atoms with E-state index < -0.39 is 5.97 Å². The Kier molecular flexibility index (Phi) is 4.93. The van der Waals surface area contributed by atoms with Gasteiger partial charge >= 0.3 is 5.97 Å². The number of nitrogens with one attached hydrogen (secondary N) is 1. The minimum Gasteiger partial charge on any atom is -0.481 e. The van der Waals surface area contributed by atoms with E-state index in [1.807, 2.05) is 13.8 Å².